The SMILES string of the molecule is CC(C)(CO)N1CCC(c2cc(C#N)ccc2Cl)CC1. The first kappa shape index (κ1) is 15.3. The highest BCUT2D eigenvalue weighted by atomic mass is 35.5. The molecule has 0 unspecified atom stereocenters. The summed E-state index contributed by atoms with van der Waals surface area (Å²) in [6.45, 7) is 6.20. The highest BCUT2D eigenvalue weighted by molar-refractivity contribution is 6.31. The third-order valence-electron chi connectivity index (χ3n) is 4.30. The molecular formula is C16H21ClN2O. The van der Waals surface area contributed by atoms with Crippen LogP contribution in [0.15, 0.2) is 18.2 Å². The van der Waals surface area contributed by atoms with E-state index >= 15 is 0 Å². The molecule has 20 heavy (non-hydrogen) atoms. The lowest BCUT2D eigenvalue weighted by atomic mass is 9.86. The van der Waals surface area contributed by atoms with Gasteiger partial charge in [0.25, 0.3) is 0 Å². The normalized spacial score (nSPS) is 17.9. The predicted molar refractivity (Wildman–Crippen MR) is 80.9 cm³/mol. The minimum atomic E-state index is -0.163. The number of hydrogen-bond donors (Lipinski definition) is 1. The fourth-order valence-corrected chi connectivity index (χ4v) is 3.09. The van der Waals surface area contributed by atoms with Gasteiger partial charge in [-0.3, -0.25) is 4.90 Å². The van der Waals surface area contributed by atoms with Crippen molar-refractivity contribution in [2.24, 2.45) is 0 Å². The molecule has 4 heteroatoms. The van der Waals surface area contributed by atoms with Crippen molar-refractivity contribution in [3.8, 4) is 6.07 Å². The minimum absolute atomic E-state index is 0.163. The number of nitrogens with zero attached hydrogens (tertiary/aromatic N) is 2. The van der Waals surface area contributed by atoms with Crippen LogP contribution in [0.5, 0.6) is 0 Å². The number of nitriles is 1. The van der Waals surface area contributed by atoms with Gasteiger partial charge in [-0.05, 0) is 69.5 Å². The Balaban J connectivity index is 2.10. The van der Waals surface area contributed by atoms with Crippen LogP contribution in [0.4, 0.5) is 0 Å². The number of halogens is 1. The largest absolute Gasteiger partial charge is 0.394 e. The number of rotatable bonds is 3. The third-order valence-corrected chi connectivity index (χ3v) is 4.65. The molecule has 2 rings (SSSR count). The van der Waals surface area contributed by atoms with E-state index in [9.17, 15) is 5.11 Å². The Bertz CT molecular complexity index is 514. The molecule has 0 saturated carbocycles. The van der Waals surface area contributed by atoms with Crippen molar-refractivity contribution in [1.82, 2.24) is 4.90 Å². The van der Waals surface area contributed by atoms with E-state index in [1.54, 1.807) is 6.07 Å². The van der Waals surface area contributed by atoms with Gasteiger partial charge in [-0.15, -0.1) is 0 Å². The lowest BCUT2D eigenvalue weighted by molar-refractivity contribution is 0.0379. The molecule has 0 atom stereocenters. The average Bonchev–Trinajstić information content (AvgIpc) is 2.48. The summed E-state index contributed by atoms with van der Waals surface area (Å²) in [5.74, 6) is 0.404. The van der Waals surface area contributed by atoms with Gasteiger partial charge in [0.05, 0.1) is 18.2 Å². The Morgan fingerprint density at radius 3 is 2.60 bits per heavy atom. The molecule has 1 aromatic carbocycles. The summed E-state index contributed by atoms with van der Waals surface area (Å²) in [5, 5.41) is 19.2. The van der Waals surface area contributed by atoms with Crippen LogP contribution in [0.1, 0.15) is 43.7 Å². The molecule has 0 bridgehead atoms. The smallest absolute Gasteiger partial charge is 0.0991 e. The molecule has 0 spiro atoms. The van der Waals surface area contributed by atoms with Gasteiger partial charge >= 0.3 is 0 Å². The molecule has 0 aliphatic carbocycles. The molecule has 1 aliphatic heterocycles. The molecule has 0 radical (unpaired) electrons. The first-order valence-electron chi connectivity index (χ1n) is 7.03. The molecule has 1 saturated heterocycles. The lowest BCUT2D eigenvalue weighted by Crippen LogP contribution is -2.50. The maximum atomic E-state index is 9.44. The maximum Gasteiger partial charge on any atom is 0.0991 e. The fourth-order valence-electron chi connectivity index (χ4n) is 2.82. The first-order valence-corrected chi connectivity index (χ1v) is 7.41. The van der Waals surface area contributed by atoms with E-state index in [1.165, 1.54) is 0 Å². The minimum Gasteiger partial charge on any atom is -0.394 e. The Hall–Kier alpha value is -1.08. The van der Waals surface area contributed by atoms with Crippen molar-refractivity contribution in [1.29, 1.82) is 5.26 Å². The summed E-state index contributed by atoms with van der Waals surface area (Å²) >= 11 is 6.28. The number of likely N-dealkylation sites (tertiary alicyclic amines) is 1. The molecule has 0 amide bonds. The van der Waals surface area contributed by atoms with Crippen LogP contribution in [0.3, 0.4) is 0 Å². The summed E-state index contributed by atoms with van der Waals surface area (Å²) in [6.07, 6.45) is 2.02. The van der Waals surface area contributed by atoms with Gasteiger partial charge < -0.3 is 5.11 Å². The molecule has 0 aromatic heterocycles. The van der Waals surface area contributed by atoms with Gasteiger partial charge in [-0.2, -0.15) is 5.26 Å². The first-order chi connectivity index (χ1) is 9.47. The average molecular weight is 293 g/mol. The van der Waals surface area contributed by atoms with Gasteiger partial charge in [0, 0.05) is 10.6 Å². The zero-order valence-electron chi connectivity index (χ0n) is 12.1. The standard InChI is InChI=1S/C16H21ClN2O/c1-16(2,11-20)19-7-5-13(6-8-19)14-9-12(10-18)3-4-15(14)17/h3-4,9,13,20H,5-8,11H2,1-2H3. The topological polar surface area (TPSA) is 47.3 Å². The Morgan fingerprint density at radius 1 is 1.40 bits per heavy atom. The van der Waals surface area contributed by atoms with Crippen LogP contribution >= 0.6 is 11.6 Å². The molecule has 1 fully saturated rings. The van der Waals surface area contributed by atoms with Gasteiger partial charge in [0.2, 0.25) is 0 Å². The maximum absolute atomic E-state index is 9.44. The van der Waals surface area contributed by atoms with Crippen molar-refractivity contribution in [3.05, 3.63) is 34.3 Å². The quantitative estimate of drug-likeness (QED) is 0.931. The zero-order valence-corrected chi connectivity index (χ0v) is 12.8. The van der Waals surface area contributed by atoms with Gasteiger partial charge in [0.15, 0.2) is 0 Å². The van der Waals surface area contributed by atoms with Crippen LogP contribution in [0, 0.1) is 11.3 Å². The Labute approximate surface area is 125 Å². The summed E-state index contributed by atoms with van der Waals surface area (Å²) in [7, 11) is 0. The van der Waals surface area contributed by atoms with Crippen LogP contribution in [0.2, 0.25) is 5.02 Å². The van der Waals surface area contributed by atoms with E-state index in [-0.39, 0.29) is 12.1 Å². The van der Waals surface area contributed by atoms with Crippen molar-refractivity contribution in [2.45, 2.75) is 38.1 Å². The van der Waals surface area contributed by atoms with Crippen LogP contribution in [0.25, 0.3) is 0 Å². The summed E-state index contributed by atoms with van der Waals surface area (Å²) in [5.41, 5.74) is 1.60. The Kier molecular flexibility index (Phi) is 4.70. The van der Waals surface area contributed by atoms with E-state index in [0.29, 0.717) is 11.5 Å². The second-order valence-corrected chi connectivity index (χ2v) is 6.49. The molecule has 3 nitrogen and oxygen atoms in total. The number of piperidine rings is 1. The van der Waals surface area contributed by atoms with Crippen molar-refractivity contribution >= 4 is 11.6 Å². The summed E-state index contributed by atoms with van der Waals surface area (Å²) < 4.78 is 0. The van der Waals surface area contributed by atoms with E-state index in [2.05, 4.69) is 24.8 Å². The third kappa shape index (κ3) is 3.15. The highest BCUT2D eigenvalue weighted by Gasteiger charge is 2.31. The van der Waals surface area contributed by atoms with E-state index in [0.717, 1.165) is 36.5 Å². The van der Waals surface area contributed by atoms with Crippen LogP contribution < -0.4 is 0 Å². The van der Waals surface area contributed by atoms with Crippen LogP contribution in [-0.2, 0) is 0 Å². The lowest BCUT2D eigenvalue weighted by Gasteiger charge is -2.42. The second kappa shape index (κ2) is 6.13. The molecule has 108 valence electrons. The monoisotopic (exact) mass is 292 g/mol. The number of benzene rings is 1. The fraction of sp³-hybridized carbons (Fsp3) is 0.562. The van der Waals surface area contributed by atoms with Gasteiger partial charge in [-0.1, -0.05) is 11.6 Å². The number of hydrogen-bond acceptors (Lipinski definition) is 3. The molecule has 1 N–H and O–H groups in total. The second-order valence-electron chi connectivity index (χ2n) is 6.08. The van der Waals surface area contributed by atoms with Gasteiger partial charge in [0.1, 0.15) is 0 Å². The summed E-state index contributed by atoms with van der Waals surface area (Å²) in [6, 6.07) is 7.67. The molecular weight excluding hydrogens is 272 g/mol. The predicted octanol–water partition coefficient (Wildman–Crippen LogP) is 3.16. The highest BCUT2D eigenvalue weighted by Crippen LogP contribution is 2.35. The van der Waals surface area contributed by atoms with Crippen molar-refractivity contribution in [3.63, 3.8) is 0 Å². The van der Waals surface area contributed by atoms with Crippen molar-refractivity contribution < 1.29 is 5.11 Å². The van der Waals surface area contributed by atoms with Gasteiger partial charge in [-0.25, -0.2) is 0 Å². The van der Waals surface area contributed by atoms with E-state index in [1.807, 2.05) is 12.1 Å². The Morgan fingerprint density at radius 2 is 2.05 bits per heavy atom. The molecule has 1 aliphatic rings. The van der Waals surface area contributed by atoms with Crippen molar-refractivity contribution in [2.75, 3.05) is 19.7 Å². The van der Waals surface area contributed by atoms with E-state index in [4.69, 9.17) is 16.9 Å². The number of aliphatic hydroxyl groups is 1. The molecule has 1 heterocycles. The molecule has 1 aromatic rings. The van der Waals surface area contributed by atoms with Crippen LogP contribution in [-0.4, -0.2) is 35.2 Å². The summed E-state index contributed by atoms with van der Waals surface area (Å²) in [4.78, 5) is 2.32. The number of aliphatic hydroxyl groups excluding tert-OH is 1. The van der Waals surface area contributed by atoms with E-state index < -0.39 is 0 Å². The zero-order chi connectivity index (χ0) is 14.8.